The summed E-state index contributed by atoms with van der Waals surface area (Å²) in [5.74, 6) is 0.286. The van der Waals surface area contributed by atoms with Crippen molar-refractivity contribution in [3.05, 3.63) is 53.1 Å². The Balaban J connectivity index is 1.67. The smallest absolute Gasteiger partial charge is 0.319 e. The van der Waals surface area contributed by atoms with Gasteiger partial charge in [0, 0.05) is 23.4 Å². The fourth-order valence-electron chi connectivity index (χ4n) is 2.24. The number of methoxy groups -OCH3 is 1. The van der Waals surface area contributed by atoms with Crippen LogP contribution in [-0.2, 0) is 0 Å². The molecular weight excluding hydrogens is 342 g/mol. The summed E-state index contributed by atoms with van der Waals surface area (Å²) < 4.78 is 5.08. The molecule has 0 saturated heterocycles. The number of carbonyl (C=O) groups is 2. The highest BCUT2D eigenvalue weighted by atomic mass is 35.5. The van der Waals surface area contributed by atoms with Gasteiger partial charge in [0.05, 0.1) is 17.8 Å². The highest BCUT2D eigenvalue weighted by Gasteiger charge is 2.23. The van der Waals surface area contributed by atoms with Crippen LogP contribution < -0.4 is 20.7 Å². The Morgan fingerprint density at radius 2 is 1.92 bits per heavy atom. The molecule has 1 saturated carbocycles. The molecule has 1 aliphatic carbocycles. The Labute approximate surface area is 150 Å². The van der Waals surface area contributed by atoms with Gasteiger partial charge in [-0.25, -0.2) is 4.79 Å². The normalized spacial score (nSPS) is 13.0. The van der Waals surface area contributed by atoms with Crippen LogP contribution in [-0.4, -0.2) is 25.1 Å². The molecule has 0 aliphatic heterocycles. The molecule has 3 N–H and O–H groups in total. The molecule has 3 rings (SSSR count). The van der Waals surface area contributed by atoms with Crippen LogP contribution in [0.25, 0.3) is 0 Å². The molecule has 2 aromatic rings. The molecule has 3 amide bonds. The summed E-state index contributed by atoms with van der Waals surface area (Å²) in [6, 6.07) is 11.7. The maximum Gasteiger partial charge on any atom is 0.319 e. The Hall–Kier alpha value is -2.73. The molecule has 0 unspecified atom stereocenters. The predicted molar refractivity (Wildman–Crippen MR) is 97.6 cm³/mol. The summed E-state index contributed by atoms with van der Waals surface area (Å²) in [6.45, 7) is 0. The third-order valence-electron chi connectivity index (χ3n) is 3.72. The van der Waals surface area contributed by atoms with E-state index in [-0.39, 0.29) is 18.0 Å². The molecule has 25 heavy (non-hydrogen) atoms. The quantitative estimate of drug-likeness (QED) is 0.757. The van der Waals surface area contributed by atoms with Gasteiger partial charge in [0.25, 0.3) is 5.91 Å². The lowest BCUT2D eigenvalue weighted by Gasteiger charge is -2.10. The van der Waals surface area contributed by atoms with Gasteiger partial charge >= 0.3 is 6.03 Å². The van der Waals surface area contributed by atoms with Crippen molar-refractivity contribution in [2.24, 2.45) is 0 Å². The molecule has 2 aromatic carbocycles. The number of halogens is 1. The number of anilines is 2. The van der Waals surface area contributed by atoms with Gasteiger partial charge in [-0.2, -0.15) is 0 Å². The lowest BCUT2D eigenvalue weighted by molar-refractivity contribution is 0.102. The van der Waals surface area contributed by atoms with Crippen LogP contribution in [0.2, 0.25) is 5.02 Å². The molecule has 1 fully saturated rings. The minimum atomic E-state index is -0.321. The summed E-state index contributed by atoms with van der Waals surface area (Å²) in [7, 11) is 1.54. The second-order valence-corrected chi connectivity index (χ2v) is 6.16. The van der Waals surface area contributed by atoms with Gasteiger partial charge in [0.2, 0.25) is 0 Å². The number of urea groups is 1. The topological polar surface area (TPSA) is 79.5 Å². The molecule has 130 valence electrons. The molecule has 0 atom stereocenters. The maximum absolute atomic E-state index is 12.4. The summed E-state index contributed by atoms with van der Waals surface area (Å²) in [4.78, 5) is 24.2. The van der Waals surface area contributed by atoms with Crippen LogP contribution in [0.3, 0.4) is 0 Å². The van der Waals surface area contributed by atoms with Crippen molar-refractivity contribution in [1.82, 2.24) is 5.32 Å². The SMILES string of the molecule is COc1ccc(NC(=O)c2cccc(NC(=O)NC3CC3)c2)c(Cl)c1. The molecule has 0 heterocycles. The Morgan fingerprint density at radius 1 is 1.12 bits per heavy atom. The van der Waals surface area contributed by atoms with E-state index in [0.29, 0.717) is 27.7 Å². The molecule has 0 bridgehead atoms. The second kappa shape index (κ2) is 7.44. The van der Waals surface area contributed by atoms with Crippen molar-refractivity contribution >= 4 is 34.9 Å². The number of benzene rings is 2. The predicted octanol–water partition coefficient (Wildman–Crippen LogP) is 3.88. The van der Waals surface area contributed by atoms with Crippen molar-refractivity contribution in [1.29, 1.82) is 0 Å². The zero-order valence-corrected chi connectivity index (χ0v) is 14.4. The number of hydrogen-bond acceptors (Lipinski definition) is 3. The van der Waals surface area contributed by atoms with Gasteiger partial charge in [-0.05, 0) is 43.2 Å². The Bertz CT molecular complexity index is 806. The summed E-state index contributed by atoms with van der Waals surface area (Å²) in [5, 5.41) is 8.68. The summed E-state index contributed by atoms with van der Waals surface area (Å²) in [6.07, 6.45) is 2.02. The van der Waals surface area contributed by atoms with Gasteiger partial charge in [0.1, 0.15) is 5.75 Å². The van der Waals surface area contributed by atoms with Crippen molar-refractivity contribution in [2.45, 2.75) is 18.9 Å². The highest BCUT2D eigenvalue weighted by Crippen LogP contribution is 2.27. The second-order valence-electron chi connectivity index (χ2n) is 5.75. The van der Waals surface area contributed by atoms with E-state index >= 15 is 0 Å². The average Bonchev–Trinajstić information content (AvgIpc) is 3.40. The van der Waals surface area contributed by atoms with E-state index in [1.54, 1.807) is 49.6 Å². The van der Waals surface area contributed by atoms with E-state index in [1.165, 1.54) is 0 Å². The summed E-state index contributed by atoms with van der Waals surface area (Å²) in [5.41, 5.74) is 1.44. The molecule has 0 spiro atoms. The fraction of sp³-hybridized carbons (Fsp3) is 0.222. The fourth-order valence-corrected chi connectivity index (χ4v) is 2.45. The first kappa shape index (κ1) is 17.1. The Morgan fingerprint density at radius 3 is 2.60 bits per heavy atom. The average molecular weight is 360 g/mol. The highest BCUT2D eigenvalue weighted by molar-refractivity contribution is 6.34. The third-order valence-corrected chi connectivity index (χ3v) is 4.03. The van der Waals surface area contributed by atoms with Crippen LogP contribution in [0, 0.1) is 0 Å². The van der Waals surface area contributed by atoms with E-state index in [2.05, 4.69) is 16.0 Å². The van der Waals surface area contributed by atoms with Gasteiger partial charge in [-0.3, -0.25) is 4.79 Å². The van der Waals surface area contributed by atoms with Gasteiger partial charge < -0.3 is 20.7 Å². The molecule has 0 aromatic heterocycles. The van der Waals surface area contributed by atoms with Crippen molar-refractivity contribution < 1.29 is 14.3 Å². The third kappa shape index (κ3) is 4.64. The number of hydrogen-bond donors (Lipinski definition) is 3. The first-order chi connectivity index (χ1) is 12.0. The first-order valence-electron chi connectivity index (χ1n) is 7.87. The number of rotatable bonds is 5. The molecule has 0 radical (unpaired) electrons. The van der Waals surface area contributed by atoms with Crippen LogP contribution in [0.1, 0.15) is 23.2 Å². The van der Waals surface area contributed by atoms with E-state index in [4.69, 9.17) is 16.3 Å². The minimum Gasteiger partial charge on any atom is -0.497 e. The van der Waals surface area contributed by atoms with Gasteiger partial charge in [0.15, 0.2) is 0 Å². The number of amides is 3. The van der Waals surface area contributed by atoms with Crippen molar-refractivity contribution in [2.75, 3.05) is 17.7 Å². The van der Waals surface area contributed by atoms with Crippen LogP contribution >= 0.6 is 11.6 Å². The number of ether oxygens (including phenoxy) is 1. The van der Waals surface area contributed by atoms with Gasteiger partial charge in [-0.1, -0.05) is 17.7 Å². The van der Waals surface area contributed by atoms with Crippen LogP contribution in [0.5, 0.6) is 5.75 Å². The Kier molecular flexibility index (Phi) is 5.09. The lowest BCUT2D eigenvalue weighted by atomic mass is 10.2. The van der Waals surface area contributed by atoms with E-state index < -0.39 is 0 Å². The number of carbonyl (C=O) groups excluding carboxylic acids is 2. The zero-order valence-electron chi connectivity index (χ0n) is 13.6. The van der Waals surface area contributed by atoms with E-state index in [1.807, 2.05) is 0 Å². The number of nitrogens with one attached hydrogen (secondary N) is 3. The van der Waals surface area contributed by atoms with E-state index in [0.717, 1.165) is 12.8 Å². The maximum atomic E-state index is 12.4. The largest absolute Gasteiger partial charge is 0.497 e. The van der Waals surface area contributed by atoms with E-state index in [9.17, 15) is 9.59 Å². The first-order valence-corrected chi connectivity index (χ1v) is 8.25. The van der Waals surface area contributed by atoms with Crippen LogP contribution in [0.15, 0.2) is 42.5 Å². The zero-order chi connectivity index (χ0) is 17.8. The molecule has 7 heteroatoms. The molecule has 1 aliphatic rings. The van der Waals surface area contributed by atoms with Crippen molar-refractivity contribution in [3.63, 3.8) is 0 Å². The standard InChI is InChI=1S/C18H18ClN3O3/c1-25-14-7-8-16(15(19)10-14)22-17(23)11-3-2-4-13(9-11)21-18(24)20-12-5-6-12/h2-4,7-10,12H,5-6H2,1H3,(H,22,23)(H2,20,21,24). The lowest BCUT2D eigenvalue weighted by Crippen LogP contribution is -2.30. The minimum absolute atomic E-state index is 0.266. The van der Waals surface area contributed by atoms with Crippen molar-refractivity contribution in [3.8, 4) is 5.75 Å². The monoisotopic (exact) mass is 359 g/mol. The van der Waals surface area contributed by atoms with Crippen LogP contribution in [0.4, 0.5) is 16.2 Å². The molecular formula is C18H18ClN3O3. The summed E-state index contributed by atoms with van der Waals surface area (Å²) >= 11 is 6.13. The van der Waals surface area contributed by atoms with Gasteiger partial charge in [-0.15, -0.1) is 0 Å². The molecule has 6 nitrogen and oxygen atoms in total.